The minimum Gasteiger partial charge on any atom is -0.296 e. The molecule has 2 heterocycles. The van der Waals surface area contributed by atoms with E-state index in [0.717, 1.165) is 20.6 Å². The van der Waals surface area contributed by atoms with Crippen LogP contribution in [0.25, 0.3) is 11.3 Å². The van der Waals surface area contributed by atoms with Gasteiger partial charge in [0, 0.05) is 21.1 Å². The first kappa shape index (κ1) is 14.9. The molecule has 0 unspecified atom stereocenters. The van der Waals surface area contributed by atoms with Crippen molar-refractivity contribution in [2.75, 3.05) is 5.32 Å². The average molecular weight is 374 g/mol. The van der Waals surface area contributed by atoms with E-state index in [-0.39, 0.29) is 5.91 Å². The van der Waals surface area contributed by atoms with Crippen molar-refractivity contribution >= 4 is 38.3 Å². The Labute approximate surface area is 140 Å². The zero-order valence-electron chi connectivity index (χ0n) is 11.7. The van der Waals surface area contributed by atoms with E-state index in [4.69, 9.17) is 0 Å². The summed E-state index contributed by atoms with van der Waals surface area (Å²) < 4.78 is 1.02. The maximum Gasteiger partial charge on any atom is 0.276 e. The second-order valence-electron chi connectivity index (χ2n) is 4.60. The number of thiazole rings is 1. The van der Waals surface area contributed by atoms with Crippen LogP contribution in [0.3, 0.4) is 0 Å². The molecule has 0 radical (unpaired) electrons. The predicted molar refractivity (Wildman–Crippen MR) is 92.2 cm³/mol. The number of aryl methyl sites for hydroxylation is 1. The molecule has 3 aromatic rings. The molecule has 4 nitrogen and oxygen atoms in total. The summed E-state index contributed by atoms with van der Waals surface area (Å²) >= 11 is 4.87. The van der Waals surface area contributed by atoms with Crippen LogP contribution in [0.4, 0.5) is 5.13 Å². The molecule has 0 saturated heterocycles. The normalized spacial score (nSPS) is 10.5. The molecule has 0 aliphatic carbocycles. The van der Waals surface area contributed by atoms with E-state index in [1.54, 1.807) is 24.4 Å². The topological polar surface area (TPSA) is 54.9 Å². The molecule has 1 N–H and O–H groups in total. The van der Waals surface area contributed by atoms with Gasteiger partial charge < -0.3 is 0 Å². The lowest BCUT2D eigenvalue weighted by Gasteiger charge is -2.00. The summed E-state index contributed by atoms with van der Waals surface area (Å²) in [6.45, 7) is 1.99. The second-order valence-corrected chi connectivity index (χ2v) is 6.72. The molecule has 3 rings (SSSR count). The maximum absolute atomic E-state index is 12.1. The molecule has 0 atom stereocenters. The van der Waals surface area contributed by atoms with Crippen molar-refractivity contribution in [3.8, 4) is 11.3 Å². The number of anilines is 1. The number of halogens is 1. The summed E-state index contributed by atoms with van der Waals surface area (Å²) in [4.78, 5) is 21.7. The van der Waals surface area contributed by atoms with E-state index < -0.39 is 0 Å². The molecule has 1 amide bonds. The Morgan fingerprint density at radius 1 is 1.18 bits per heavy atom. The third kappa shape index (κ3) is 3.23. The zero-order valence-corrected chi connectivity index (χ0v) is 14.1. The van der Waals surface area contributed by atoms with Crippen LogP contribution in [0.1, 0.15) is 15.4 Å². The lowest BCUT2D eigenvalue weighted by Crippen LogP contribution is -2.13. The smallest absolute Gasteiger partial charge is 0.276 e. The fourth-order valence-electron chi connectivity index (χ4n) is 1.98. The molecule has 0 spiro atoms. The summed E-state index contributed by atoms with van der Waals surface area (Å²) in [5.74, 6) is -0.253. The van der Waals surface area contributed by atoms with Crippen LogP contribution < -0.4 is 5.32 Å². The van der Waals surface area contributed by atoms with Gasteiger partial charge in [-0.15, -0.1) is 11.3 Å². The third-order valence-electron chi connectivity index (χ3n) is 3.03. The number of aromatic nitrogens is 2. The standard InChI is InChI=1S/C16H12BrN3OS/c1-10-14(11-5-7-12(17)8-6-11)19-16(22-10)20-15(21)13-4-2-3-9-18-13/h2-9H,1H3,(H,19,20,21). The average Bonchev–Trinajstić information content (AvgIpc) is 2.89. The maximum atomic E-state index is 12.1. The number of pyridine rings is 1. The van der Waals surface area contributed by atoms with Gasteiger partial charge in [0.15, 0.2) is 5.13 Å². The van der Waals surface area contributed by atoms with Crippen LogP contribution in [-0.4, -0.2) is 15.9 Å². The molecule has 0 aliphatic rings. The third-order valence-corrected chi connectivity index (χ3v) is 4.45. The lowest BCUT2D eigenvalue weighted by atomic mass is 10.1. The van der Waals surface area contributed by atoms with Crippen LogP contribution >= 0.6 is 27.3 Å². The summed E-state index contributed by atoms with van der Waals surface area (Å²) in [6.07, 6.45) is 1.59. The van der Waals surface area contributed by atoms with Gasteiger partial charge in [-0.25, -0.2) is 4.98 Å². The minimum absolute atomic E-state index is 0.253. The Morgan fingerprint density at radius 3 is 2.64 bits per heavy atom. The number of amides is 1. The van der Waals surface area contributed by atoms with Crippen molar-refractivity contribution in [2.45, 2.75) is 6.92 Å². The number of hydrogen-bond acceptors (Lipinski definition) is 4. The van der Waals surface area contributed by atoms with Gasteiger partial charge in [0.1, 0.15) is 5.69 Å². The van der Waals surface area contributed by atoms with Gasteiger partial charge in [0.05, 0.1) is 5.69 Å². The quantitative estimate of drug-likeness (QED) is 0.733. The van der Waals surface area contributed by atoms with E-state index >= 15 is 0 Å². The molecule has 0 saturated carbocycles. The van der Waals surface area contributed by atoms with Gasteiger partial charge in [-0.2, -0.15) is 0 Å². The highest BCUT2D eigenvalue weighted by molar-refractivity contribution is 9.10. The summed E-state index contributed by atoms with van der Waals surface area (Å²) in [5, 5.41) is 3.37. The number of nitrogens with one attached hydrogen (secondary N) is 1. The van der Waals surface area contributed by atoms with Gasteiger partial charge in [0.2, 0.25) is 0 Å². The zero-order chi connectivity index (χ0) is 15.5. The molecular formula is C16H12BrN3OS. The first-order chi connectivity index (χ1) is 10.6. The van der Waals surface area contributed by atoms with Crippen molar-refractivity contribution in [3.05, 3.63) is 63.7 Å². The van der Waals surface area contributed by atoms with Crippen LogP contribution in [-0.2, 0) is 0 Å². The molecule has 110 valence electrons. The van der Waals surface area contributed by atoms with E-state index in [1.165, 1.54) is 11.3 Å². The molecule has 0 bridgehead atoms. The van der Waals surface area contributed by atoms with Crippen LogP contribution in [0.2, 0.25) is 0 Å². The van der Waals surface area contributed by atoms with E-state index in [9.17, 15) is 4.79 Å². The SMILES string of the molecule is Cc1sc(NC(=O)c2ccccn2)nc1-c1ccc(Br)cc1. The predicted octanol–water partition coefficient (Wildman–Crippen LogP) is 4.53. The van der Waals surface area contributed by atoms with Crippen molar-refractivity contribution in [2.24, 2.45) is 0 Å². The van der Waals surface area contributed by atoms with Crippen LogP contribution in [0, 0.1) is 6.92 Å². The number of benzene rings is 1. The van der Waals surface area contributed by atoms with Crippen molar-refractivity contribution < 1.29 is 4.79 Å². The first-order valence-corrected chi connectivity index (χ1v) is 8.20. The number of nitrogens with zero attached hydrogens (tertiary/aromatic N) is 2. The van der Waals surface area contributed by atoms with Crippen LogP contribution in [0.15, 0.2) is 53.1 Å². The Morgan fingerprint density at radius 2 is 1.95 bits per heavy atom. The molecule has 2 aromatic heterocycles. The highest BCUT2D eigenvalue weighted by Gasteiger charge is 2.13. The highest BCUT2D eigenvalue weighted by Crippen LogP contribution is 2.31. The highest BCUT2D eigenvalue weighted by atomic mass is 79.9. The fraction of sp³-hybridized carbons (Fsp3) is 0.0625. The van der Waals surface area contributed by atoms with Gasteiger partial charge in [0.25, 0.3) is 5.91 Å². The molecule has 0 aliphatic heterocycles. The molecule has 1 aromatic carbocycles. The molecule has 0 fully saturated rings. The van der Waals surface area contributed by atoms with Crippen molar-refractivity contribution in [3.63, 3.8) is 0 Å². The second kappa shape index (κ2) is 6.37. The first-order valence-electron chi connectivity index (χ1n) is 6.59. The number of hydrogen-bond donors (Lipinski definition) is 1. The lowest BCUT2D eigenvalue weighted by molar-refractivity contribution is 0.102. The monoisotopic (exact) mass is 373 g/mol. The van der Waals surface area contributed by atoms with E-state index in [0.29, 0.717) is 10.8 Å². The molecule has 22 heavy (non-hydrogen) atoms. The van der Waals surface area contributed by atoms with Crippen molar-refractivity contribution in [1.82, 2.24) is 9.97 Å². The number of carbonyl (C=O) groups excluding carboxylic acids is 1. The Balaban J connectivity index is 1.83. The molecular weight excluding hydrogens is 362 g/mol. The van der Waals surface area contributed by atoms with Gasteiger partial charge in [-0.3, -0.25) is 15.1 Å². The van der Waals surface area contributed by atoms with Gasteiger partial charge in [-0.1, -0.05) is 34.1 Å². The Hall–Kier alpha value is -2.05. The van der Waals surface area contributed by atoms with E-state index in [2.05, 4.69) is 31.2 Å². The summed E-state index contributed by atoms with van der Waals surface area (Å²) in [7, 11) is 0. The minimum atomic E-state index is -0.253. The summed E-state index contributed by atoms with van der Waals surface area (Å²) in [6, 6.07) is 13.2. The molecule has 6 heteroatoms. The van der Waals surface area contributed by atoms with Gasteiger partial charge in [-0.05, 0) is 31.2 Å². The van der Waals surface area contributed by atoms with E-state index in [1.807, 2.05) is 31.2 Å². The summed E-state index contributed by atoms with van der Waals surface area (Å²) in [5.41, 5.74) is 2.28. The number of rotatable bonds is 3. The van der Waals surface area contributed by atoms with Gasteiger partial charge >= 0.3 is 0 Å². The van der Waals surface area contributed by atoms with Crippen LogP contribution in [0.5, 0.6) is 0 Å². The number of carbonyl (C=O) groups is 1. The Bertz CT molecular complexity index is 800. The Kier molecular flexibility index (Phi) is 4.31. The van der Waals surface area contributed by atoms with Crippen molar-refractivity contribution in [1.29, 1.82) is 0 Å². The fourth-order valence-corrected chi connectivity index (χ4v) is 3.08. The largest absolute Gasteiger partial charge is 0.296 e.